The van der Waals surface area contributed by atoms with E-state index in [0.29, 0.717) is 26.4 Å². The third-order valence-electron chi connectivity index (χ3n) is 6.92. The van der Waals surface area contributed by atoms with Crippen LogP contribution in [0, 0.1) is 0 Å². The average molecular weight is 630 g/mol. The minimum atomic E-state index is -0.414. The summed E-state index contributed by atoms with van der Waals surface area (Å²) in [6.45, 7) is 3.69. The molecule has 0 radical (unpaired) electrons. The molecule has 218 valence electrons. The Morgan fingerprint density at radius 1 is 0.619 bits per heavy atom. The summed E-state index contributed by atoms with van der Waals surface area (Å²) in [7, 11) is 0. The Kier molecular flexibility index (Phi) is 11.8. The van der Waals surface area contributed by atoms with E-state index in [-0.39, 0.29) is 38.3 Å². The van der Waals surface area contributed by atoms with E-state index in [4.69, 9.17) is 23.7 Å². The monoisotopic (exact) mass is 630 g/mol. The first-order valence-corrected chi connectivity index (χ1v) is 16.2. The van der Waals surface area contributed by atoms with Gasteiger partial charge in [-0.15, -0.1) is 0 Å². The first-order valence-electron chi connectivity index (χ1n) is 14.4. The summed E-state index contributed by atoms with van der Waals surface area (Å²) in [4.78, 5) is 0. The maximum atomic E-state index is 6.86. The van der Waals surface area contributed by atoms with Gasteiger partial charge < -0.3 is 0 Å². The zero-order valence-corrected chi connectivity index (χ0v) is 25.6. The molecule has 0 aliphatic carbocycles. The van der Waals surface area contributed by atoms with E-state index in [1.54, 1.807) is 6.26 Å². The number of hydrogen-bond donors (Lipinski definition) is 0. The van der Waals surface area contributed by atoms with Crippen LogP contribution in [-0.4, -0.2) is 51.0 Å². The zero-order valence-electron chi connectivity index (χ0n) is 23.9. The van der Waals surface area contributed by atoms with Gasteiger partial charge in [0.15, 0.2) is 0 Å². The van der Waals surface area contributed by atoms with Crippen LogP contribution in [-0.2, 0) is 43.5 Å². The zero-order chi connectivity index (χ0) is 28.8. The fourth-order valence-corrected chi connectivity index (χ4v) is 7.23. The molecule has 42 heavy (non-hydrogen) atoms. The van der Waals surface area contributed by atoms with E-state index in [2.05, 4.69) is 60.7 Å². The SMILES string of the molecule is C/C=C/O[C@@H]1[C@@H](OCc2ccccc2)[C@H](OCc2ccccc2)[C@@H](COCc2ccccc2)O[C@H]1[Se]c1ccccc1. The fraction of sp³-hybridized carbons (Fsp3) is 0.278. The fourth-order valence-electron chi connectivity index (χ4n) is 4.85. The second-order valence-electron chi connectivity index (χ2n) is 10.1. The third kappa shape index (κ3) is 8.89. The Morgan fingerprint density at radius 2 is 1.12 bits per heavy atom. The van der Waals surface area contributed by atoms with Crippen molar-refractivity contribution in [2.45, 2.75) is 56.2 Å². The molecule has 0 spiro atoms. The molecule has 1 fully saturated rings. The van der Waals surface area contributed by atoms with Gasteiger partial charge in [-0.05, 0) is 0 Å². The van der Waals surface area contributed by atoms with Crippen molar-refractivity contribution in [3.63, 3.8) is 0 Å². The van der Waals surface area contributed by atoms with Crippen LogP contribution in [0.3, 0.4) is 0 Å². The quantitative estimate of drug-likeness (QED) is 0.126. The van der Waals surface area contributed by atoms with Gasteiger partial charge in [0.1, 0.15) is 0 Å². The Hall–Kier alpha value is -3.22. The van der Waals surface area contributed by atoms with Gasteiger partial charge in [-0.3, -0.25) is 0 Å². The van der Waals surface area contributed by atoms with E-state index in [9.17, 15) is 0 Å². The molecule has 1 heterocycles. The molecule has 6 heteroatoms. The minimum absolute atomic E-state index is 0.0378. The molecule has 1 aliphatic rings. The van der Waals surface area contributed by atoms with E-state index >= 15 is 0 Å². The number of rotatable bonds is 14. The summed E-state index contributed by atoms with van der Waals surface area (Å²) in [5, 5.41) is -0.209. The van der Waals surface area contributed by atoms with Gasteiger partial charge in [-0.1, -0.05) is 0 Å². The number of ether oxygens (including phenoxy) is 5. The molecular formula is C36H38O5Se. The van der Waals surface area contributed by atoms with Crippen molar-refractivity contribution in [3.05, 3.63) is 150 Å². The van der Waals surface area contributed by atoms with Crippen molar-refractivity contribution in [3.8, 4) is 0 Å². The summed E-state index contributed by atoms with van der Waals surface area (Å²) >= 11 is -0.0378. The van der Waals surface area contributed by atoms with Crippen molar-refractivity contribution in [2.24, 2.45) is 0 Å². The molecule has 0 aromatic heterocycles. The molecule has 0 amide bonds. The van der Waals surface area contributed by atoms with Crippen molar-refractivity contribution in [2.75, 3.05) is 6.61 Å². The number of allylic oxidation sites excluding steroid dienone is 1. The molecule has 5 rings (SSSR count). The summed E-state index contributed by atoms with van der Waals surface area (Å²) in [5.41, 5.74) is 3.30. The first kappa shape index (κ1) is 30.2. The third-order valence-corrected chi connectivity index (χ3v) is 9.35. The number of benzene rings is 4. The van der Waals surface area contributed by atoms with Crippen LogP contribution in [0.1, 0.15) is 23.6 Å². The topological polar surface area (TPSA) is 46.2 Å². The molecule has 5 nitrogen and oxygen atoms in total. The van der Waals surface area contributed by atoms with Crippen LogP contribution >= 0.6 is 0 Å². The van der Waals surface area contributed by atoms with Crippen molar-refractivity contribution < 1.29 is 23.7 Å². The van der Waals surface area contributed by atoms with E-state index in [1.807, 2.05) is 73.7 Å². The van der Waals surface area contributed by atoms with Gasteiger partial charge in [0.25, 0.3) is 0 Å². The molecular weight excluding hydrogens is 591 g/mol. The van der Waals surface area contributed by atoms with Crippen LogP contribution in [0.5, 0.6) is 0 Å². The van der Waals surface area contributed by atoms with Gasteiger partial charge in [0.2, 0.25) is 0 Å². The van der Waals surface area contributed by atoms with Crippen LogP contribution in [0.4, 0.5) is 0 Å². The number of hydrogen-bond acceptors (Lipinski definition) is 5. The molecule has 1 aliphatic heterocycles. The molecule has 0 bridgehead atoms. The standard InChI is InChI=1S/C36H38O5Se/c1-2-23-38-35-34(40-26-30-19-11-5-12-20-30)33(39-25-29-17-9-4-10-18-29)32(27-37-24-28-15-7-3-8-16-28)41-36(35)42-31-21-13-6-14-22-31/h2-23,32-36H,24-27H2,1H3/b23-2+/t32-,33-,34+,35-,36+/m1/s1. The van der Waals surface area contributed by atoms with Gasteiger partial charge in [-0.25, -0.2) is 0 Å². The molecule has 5 atom stereocenters. The van der Waals surface area contributed by atoms with Crippen LogP contribution < -0.4 is 4.46 Å². The molecule has 0 unspecified atom stereocenters. The maximum absolute atomic E-state index is 6.86. The predicted molar refractivity (Wildman–Crippen MR) is 166 cm³/mol. The van der Waals surface area contributed by atoms with Gasteiger partial charge >= 0.3 is 256 Å². The summed E-state index contributed by atoms with van der Waals surface area (Å²) in [5.74, 6) is 0. The van der Waals surface area contributed by atoms with Crippen LogP contribution in [0.2, 0.25) is 0 Å². The van der Waals surface area contributed by atoms with Gasteiger partial charge in [-0.2, -0.15) is 0 Å². The molecule has 0 saturated carbocycles. The van der Waals surface area contributed by atoms with Crippen LogP contribution in [0.25, 0.3) is 0 Å². The van der Waals surface area contributed by atoms with Gasteiger partial charge in [0, 0.05) is 0 Å². The summed E-state index contributed by atoms with van der Waals surface area (Å²) < 4.78 is 34.1. The summed E-state index contributed by atoms with van der Waals surface area (Å²) in [6.07, 6.45) is 2.12. The molecule has 0 N–H and O–H groups in total. The second kappa shape index (κ2) is 16.4. The Morgan fingerprint density at radius 3 is 1.67 bits per heavy atom. The van der Waals surface area contributed by atoms with Crippen molar-refractivity contribution in [1.82, 2.24) is 0 Å². The van der Waals surface area contributed by atoms with E-state index in [1.165, 1.54) is 4.46 Å². The Balaban J connectivity index is 1.43. The van der Waals surface area contributed by atoms with E-state index < -0.39 is 6.10 Å². The van der Waals surface area contributed by atoms with Crippen molar-refractivity contribution in [1.29, 1.82) is 0 Å². The van der Waals surface area contributed by atoms with Crippen LogP contribution in [0.15, 0.2) is 134 Å². The Bertz CT molecular complexity index is 1320. The molecule has 4 aromatic carbocycles. The predicted octanol–water partition coefficient (Wildman–Crippen LogP) is 6.05. The summed E-state index contributed by atoms with van der Waals surface area (Å²) in [6, 6.07) is 41.1. The Labute approximate surface area is 255 Å². The normalized spacial score (nSPS) is 22.3. The first-order chi connectivity index (χ1) is 20.8. The molecule has 1 saturated heterocycles. The van der Waals surface area contributed by atoms with Crippen molar-refractivity contribution >= 4 is 19.4 Å². The molecule has 4 aromatic rings. The second-order valence-corrected chi connectivity index (χ2v) is 12.5. The van der Waals surface area contributed by atoms with E-state index in [0.717, 1.165) is 16.7 Å². The average Bonchev–Trinajstić information content (AvgIpc) is 3.04. The van der Waals surface area contributed by atoms with Gasteiger partial charge in [0.05, 0.1) is 0 Å².